The number of rotatable bonds is 4. The van der Waals surface area contributed by atoms with E-state index in [0.29, 0.717) is 11.5 Å². The third-order valence-corrected chi connectivity index (χ3v) is 3.67. The molecule has 1 aromatic heterocycles. The van der Waals surface area contributed by atoms with Crippen LogP contribution in [0.25, 0.3) is 0 Å². The first-order valence-electron chi connectivity index (χ1n) is 7.27. The Labute approximate surface area is 143 Å². The highest BCUT2D eigenvalue weighted by Gasteiger charge is 2.06. The van der Waals surface area contributed by atoms with Crippen LogP contribution in [0.1, 0.15) is 11.1 Å². The first kappa shape index (κ1) is 16.1. The van der Waals surface area contributed by atoms with Crippen molar-refractivity contribution in [3.05, 3.63) is 64.6 Å². The topological polar surface area (TPSA) is 62.7 Å². The SMILES string of the molecule is Cc1ccc(Nc2cnnc(Nc3ccc(F)c(Cl)c3)n2)c(C)c1. The number of nitrogens with one attached hydrogen (secondary N) is 2. The van der Waals surface area contributed by atoms with Gasteiger partial charge in [-0.15, -0.1) is 5.10 Å². The highest BCUT2D eigenvalue weighted by molar-refractivity contribution is 6.31. The summed E-state index contributed by atoms with van der Waals surface area (Å²) in [6.45, 7) is 4.06. The molecule has 0 aliphatic carbocycles. The summed E-state index contributed by atoms with van der Waals surface area (Å²) >= 11 is 5.77. The van der Waals surface area contributed by atoms with Gasteiger partial charge in [-0.25, -0.2) is 4.39 Å². The van der Waals surface area contributed by atoms with Crippen molar-refractivity contribution in [2.45, 2.75) is 13.8 Å². The standard InChI is InChI=1S/C17H15ClFN5/c1-10-3-6-15(11(2)7-10)22-16-9-20-24-17(23-16)21-12-4-5-14(19)13(18)8-12/h3-9H,1-2H3,(H2,21,22,23,24). The van der Waals surface area contributed by atoms with Crippen LogP contribution in [0.4, 0.5) is 27.5 Å². The molecule has 1 heterocycles. The predicted octanol–water partition coefficient (Wildman–Crippen LogP) is 4.77. The van der Waals surface area contributed by atoms with Crippen LogP contribution in [0.15, 0.2) is 42.6 Å². The summed E-state index contributed by atoms with van der Waals surface area (Å²) in [6.07, 6.45) is 1.53. The molecule has 0 aliphatic rings. The largest absolute Gasteiger partial charge is 0.339 e. The van der Waals surface area contributed by atoms with Gasteiger partial charge in [0.25, 0.3) is 0 Å². The van der Waals surface area contributed by atoms with Crippen molar-refractivity contribution < 1.29 is 4.39 Å². The minimum absolute atomic E-state index is 0.0255. The van der Waals surface area contributed by atoms with E-state index in [1.54, 1.807) is 6.07 Å². The molecule has 0 saturated heterocycles. The number of benzene rings is 2. The fourth-order valence-electron chi connectivity index (χ4n) is 2.21. The molecule has 24 heavy (non-hydrogen) atoms. The average molecular weight is 344 g/mol. The van der Waals surface area contributed by atoms with E-state index in [9.17, 15) is 4.39 Å². The van der Waals surface area contributed by atoms with Crippen LogP contribution < -0.4 is 10.6 Å². The monoisotopic (exact) mass is 343 g/mol. The van der Waals surface area contributed by atoms with Gasteiger partial charge in [-0.3, -0.25) is 0 Å². The van der Waals surface area contributed by atoms with Gasteiger partial charge >= 0.3 is 0 Å². The quantitative estimate of drug-likeness (QED) is 0.714. The second-order valence-electron chi connectivity index (χ2n) is 5.36. The summed E-state index contributed by atoms with van der Waals surface area (Å²) in [6, 6.07) is 10.4. The third kappa shape index (κ3) is 3.78. The van der Waals surface area contributed by atoms with Crippen LogP contribution in [0.3, 0.4) is 0 Å². The molecule has 122 valence electrons. The smallest absolute Gasteiger partial charge is 0.249 e. The Morgan fingerprint density at radius 3 is 2.62 bits per heavy atom. The number of hydrogen-bond donors (Lipinski definition) is 2. The molecule has 0 radical (unpaired) electrons. The van der Waals surface area contributed by atoms with E-state index in [4.69, 9.17) is 11.6 Å². The second-order valence-corrected chi connectivity index (χ2v) is 5.77. The van der Waals surface area contributed by atoms with Gasteiger partial charge in [0.15, 0.2) is 5.82 Å². The maximum absolute atomic E-state index is 13.2. The molecule has 2 aromatic carbocycles. The van der Waals surface area contributed by atoms with Crippen LogP contribution in [0.5, 0.6) is 0 Å². The van der Waals surface area contributed by atoms with E-state index in [2.05, 4.69) is 31.9 Å². The second kappa shape index (κ2) is 6.80. The number of halogens is 2. The Bertz CT molecular complexity index is 885. The van der Waals surface area contributed by atoms with E-state index in [1.165, 1.54) is 23.9 Å². The van der Waals surface area contributed by atoms with Gasteiger partial charge in [0.2, 0.25) is 5.95 Å². The molecule has 5 nitrogen and oxygen atoms in total. The van der Waals surface area contributed by atoms with E-state index < -0.39 is 5.82 Å². The van der Waals surface area contributed by atoms with E-state index in [0.717, 1.165) is 11.3 Å². The van der Waals surface area contributed by atoms with Crippen molar-refractivity contribution in [2.75, 3.05) is 10.6 Å². The molecule has 0 fully saturated rings. The average Bonchev–Trinajstić information content (AvgIpc) is 2.54. The van der Waals surface area contributed by atoms with Gasteiger partial charge in [-0.2, -0.15) is 10.1 Å². The maximum Gasteiger partial charge on any atom is 0.249 e. The zero-order valence-corrected chi connectivity index (χ0v) is 13.9. The normalized spacial score (nSPS) is 10.5. The minimum Gasteiger partial charge on any atom is -0.339 e. The molecule has 0 amide bonds. The molecule has 3 aromatic rings. The number of aromatic nitrogens is 3. The number of hydrogen-bond acceptors (Lipinski definition) is 5. The van der Waals surface area contributed by atoms with Gasteiger partial charge in [-0.05, 0) is 43.7 Å². The molecular formula is C17H15ClFN5. The summed E-state index contributed by atoms with van der Waals surface area (Å²) in [4.78, 5) is 4.35. The molecule has 0 saturated carbocycles. The van der Waals surface area contributed by atoms with Crippen LogP contribution in [-0.4, -0.2) is 15.2 Å². The highest BCUT2D eigenvalue weighted by Crippen LogP contribution is 2.23. The lowest BCUT2D eigenvalue weighted by Crippen LogP contribution is -2.03. The number of anilines is 4. The molecule has 2 N–H and O–H groups in total. The van der Waals surface area contributed by atoms with Crippen molar-refractivity contribution in [1.29, 1.82) is 0 Å². The van der Waals surface area contributed by atoms with Crippen molar-refractivity contribution in [3.63, 3.8) is 0 Å². The van der Waals surface area contributed by atoms with Crippen LogP contribution in [-0.2, 0) is 0 Å². The van der Waals surface area contributed by atoms with Gasteiger partial charge in [-0.1, -0.05) is 29.3 Å². The zero-order valence-electron chi connectivity index (χ0n) is 13.1. The summed E-state index contributed by atoms with van der Waals surface area (Å²) in [5.41, 5.74) is 3.81. The third-order valence-electron chi connectivity index (χ3n) is 3.38. The summed E-state index contributed by atoms with van der Waals surface area (Å²) in [5, 5.41) is 14.0. The molecule has 0 spiro atoms. The fraction of sp³-hybridized carbons (Fsp3) is 0.118. The van der Waals surface area contributed by atoms with Crippen molar-refractivity contribution in [3.8, 4) is 0 Å². The Hall–Kier alpha value is -2.73. The number of aryl methyl sites for hydroxylation is 2. The highest BCUT2D eigenvalue weighted by atomic mass is 35.5. The molecule has 3 rings (SSSR count). The summed E-state index contributed by atoms with van der Waals surface area (Å²) in [7, 11) is 0. The Balaban J connectivity index is 1.79. The predicted molar refractivity (Wildman–Crippen MR) is 93.7 cm³/mol. The maximum atomic E-state index is 13.2. The lowest BCUT2D eigenvalue weighted by atomic mass is 10.1. The van der Waals surface area contributed by atoms with Crippen molar-refractivity contribution >= 4 is 34.7 Å². The first-order valence-corrected chi connectivity index (χ1v) is 7.65. The molecule has 0 bridgehead atoms. The van der Waals surface area contributed by atoms with E-state index in [1.807, 2.05) is 26.0 Å². The molecule has 0 atom stereocenters. The van der Waals surface area contributed by atoms with E-state index >= 15 is 0 Å². The molecule has 0 aliphatic heterocycles. The van der Waals surface area contributed by atoms with Crippen LogP contribution >= 0.6 is 11.6 Å². The first-order chi connectivity index (χ1) is 11.5. The Kier molecular flexibility index (Phi) is 4.57. The van der Waals surface area contributed by atoms with Gasteiger partial charge in [0.05, 0.1) is 11.2 Å². The lowest BCUT2D eigenvalue weighted by Gasteiger charge is -2.10. The van der Waals surface area contributed by atoms with Gasteiger partial charge in [0, 0.05) is 11.4 Å². The van der Waals surface area contributed by atoms with Crippen molar-refractivity contribution in [2.24, 2.45) is 0 Å². The van der Waals surface area contributed by atoms with Crippen LogP contribution in [0.2, 0.25) is 5.02 Å². The van der Waals surface area contributed by atoms with Crippen LogP contribution in [0, 0.1) is 19.7 Å². The van der Waals surface area contributed by atoms with Gasteiger partial charge in [0.1, 0.15) is 5.82 Å². The molecule has 7 heteroatoms. The number of nitrogens with zero attached hydrogens (tertiary/aromatic N) is 3. The summed E-state index contributed by atoms with van der Waals surface area (Å²) in [5.74, 6) is 0.353. The Morgan fingerprint density at radius 2 is 1.88 bits per heavy atom. The zero-order chi connectivity index (χ0) is 17.1. The summed E-state index contributed by atoms with van der Waals surface area (Å²) < 4.78 is 13.2. The van der Waals surface area contributed by atoms with E-state index in [-0.39, 0.29) is 11.0 Å². The fourth-order valence-corrected chi connectivity index (χ4v) is 2.39. The van der Waals surface area contributed by atoms with Gasteiger partial charge < -0.3 is 10.6 Å². The minimum atomic E-state index is -0.480. The lowest BCUT2D eigenvalue weighted by molar-refractivity contribution is 0.628. The van der Waals surface area contributed by atoms with Crippen molar-refractivity contribution in [1.82, 2.24) is 15.2 Å². The molecular weight excluding hydrogens is 329 g/mol. The molecule has 0 unspecified atom stereocenters. The Morgan fingerprint density at radius 1 is 1.04 bits per heavy atom.